The van der Waals surface area contributed by atoms with Crippen LogP contribution in [0.3, 0.4) is 0 Å². The van der Waals surface area contributed by atoms with Crippen LogP contribution in [0.2, 0.25) is 0 Å². The molecule has 0 N–H and O–H groups in total. The zero-order chi connectivity index (χ0) is 19.8. The first-order chi connectivity index (χ1) is 13.5. The van der Waals surface area contributed by atoms with E-state index in [1.165, 1.54) is 30.2 Å². The van der Waals surface area contributed by atoms with Gasteiger partial charge in [-0.3, -0.25) is 18.8 Å². The summed E-state index contributed by atoms with van der Waals surface area (Å²) in [4.78, 5) is 32.2. The molecule has 0 atom stereocenters. The maximum absolute atomic E-state index is 13.3. The molecule has 7 nitrogen and oxygen atoms in total. The van der Waals surface area contributed by atoms with Crippen LogP contribution >= 0.6 is 0 Å². The van der Waals surface area contributed by atoms with E-state index in [-0.39, 0.29) is 11.4 Å². The summed E-state index contributed by atoms with van der Waals surface area (Å²) in [5.74, 6) is 0.450. The highest BCUT2D eigenvalue weighted by atomic mass is 19.1. The number of likely N-dealkylation sites (tertiary alicyclic amines) is 1. The predicted octanol–water partition coefficient (Wildman–Crippen LogP) is 1.61. The van der Waals surface area contributed by atoms with Gasteiger partial charge in [0.15, 0.2) is 11.2 Å². The van der Waals surface area contributed by atoms with Crippen molar-refractivity contribution in [3.8, 4) is 0 Å². The zero-order valence-corrected chi connectivity index (χ0v) is 16.2. The first-order valence-electron chi connectivity index (χ1n) is 9.57. The number of halogens is 1. The second-order valence-electron chi connectivity index (χ2n) is 7.46. The lowest BCUT2D eigenvalue weighted by atomic mass is 10.1. The fourth-order valence-electron chi connectivity index (χ4n) is 3.87. The molecule has 3 aromatic rings. The van der Waals surface area contributed by atoms with Crippen LogP contribution in [0.15, 0.2) is 33.9 Å². The smallest absolute Gasteiger partial charge is 0.317 e. The van der Waals surface area contributed by atoms with Crippen LogP contribution in [-0.4, -0.2) is 36.7 Å². The summed E-state index contributed by atoms with van der Waals surface area (Å²) in [5, 5.41) is 0. The molecular weight excluding hydrogens is 361 g/mol. The lowest BCUT2D eigenvalue weighted by Gasteiger charge is -2.26. The monoisotopic (exact) mass is 385 g/mol. The summed E-state index contributed by atoms with van der Waals surface area (Å²) < 4.78 is 17.7. The van der Waals surface area contributed by atoms with Crippen molar-refractivity contribution in [2.45, 2.75) is 32.4 Å². The standard InChI is InChI=1S/C20H24FN5O2/c1-23-18-17(19(27)24(2)20(23)28)26(12-14-6-8-15(21)9-7-14)16(22-18)13-25-10-4-3-5-11-25/h6-9H,3-5,10-13H2,1-2H3. The number of nitrogens with zero attached hydrogens (tertiary/aromatic N) is 5. The van der Waals surface area contributed by atoms with Gasteiger partial charge in [0.05, 0.1) is 6.54 Å². The van der Waals surface area contributed by atoms with E-state index in [1.54, 1.807) is 19.2 Å². The zero-order valence-electron chi connectivity index (χ0n) is 16.2. The second-order valence-corrected chi connectivity index (χ2v) is 7.46. The molecule has 0 saturated carbocycles. The van der Waals surface area contributed by atoms with Crippen LogP contribution in [0.25, 0.3) is 11.2 Å². The highest BCUT2D eigenvalue weighted by Crippen LogP contribution is 2.18. The van der Waals surface area contributed by atoms with Crippen LogP contribution < -0.4 is 11.2 Å². The number of hydrogen-bond donors (Lipinski definition) is 0. The molecule has 0 unspecified atom stereocenters. The van der Waals surface area contributed by atoms with Crippen molar-refractivity contribution in [2.24, 2.45) is 14.1 Å². The molecule has 0 amide bonds. The Kier molecular flexibility index (Phi) is 4.89. The van der Waals surface area contributed by atoms with E-state index >= 15 is 0 Å². The van der Waals surface area contributed by atoms with Crippen molar-refractivity contribution in [2.75, 3.05) is 13.1 Å². The topological polar surface area (TPSA) is 65.1 Å². The van der Waals surface area contributed by atoms with E-state index in [2.05, 4.69) is 9.88 Å². The second kappa shape index (κ2) is 7.35. The average molecular weight is 385 g/mol. The Balaban J connectivity index is 1.87. The van der Waals surface area contributed by atoms with Gasteiger partial charge in [-0.1, -0.05) is 18.6 Å². The van der Waals surface area contributed by atoms with Crippen LogP contribution in [0, 0.1) is 5.82 Å². The van der Waals surface area contributed by atoms with Crippen LogP contribution in [-0.2, 0) is 27.2 Å². The predicted molar refractivity (Wildman–Crippen MR) is 105 cm³/mol. The molecule has 1 aliphatic heterocycles. The molecular formula is C20H24FN5O2. The number of imidazole rings is 1. The fourth-order valence-corrected chi connectivity index (χ4v) is 3.87. The van der Waals surface area contributed by atoms with Gasteiger partial charge in [-0.15, -0.1) is 0 Å². The number of rotatable bonds is 4. The van der Waals surface area contributed by atoms with E-state index in [4.69, 9.17) is 0 Å². The normalized spacial score (nSPS) is 15.4. The summed E-state index contributed by atoms with van der Waals surface area (Å²) in [5.41, 5.74) is 0.908. The Bertz CT molecular complexity index is 1120. The van der Waals surface area contributed by atoms with E-state index in [9.17, 15) is 14.0 Å². The quantitative estimate of drug-likeness (QED) is 0.684. The number of aryl methyl sites for hydroxylation is 1. The minimum Gasteiger partial charge on any atom is -0.317 e. The molecule has 2 aromatic heterocycles. The van der Waals surface area contributed by atoms with Crippen molar-refractivity contribution < 1.29 is 4.39 Å². The van der Waals surface area contributed by atoms with Gasteiger partial charge in [0.2, 0.25) is 0 Å². The Morgan fingerprint density at radius 1 is 0.964 bits per heavy atom. The fraction of sp³-hybridized carbons (Fsp3) is 0.450. The minimum atomic E-state index is -0.395. The van der Waals surface area contributed by atoms with E-state index in [0.717, 1.165) is 41.9 Å². The number of benzene rings is 1. The Morgan fingerprint density at radius 2 is 1.64 bits per heavy atom. The van der Waals surface area contributed by atoms with Crippen LogP contribution in [0.1, 0.15) is 30.7 Å². The third kappa shape index (κ3) is 3.28. The molecule has 28 heavy (non-hydrogen) atoms. The van der Waals surface area contributed by atoms with Crippen molar-refractivity contribution >= 4 is 11.2 Å². The lowest BCUT2D eigenvalue weighted by molar-refractivity contribution is 0.214. The SMILES string of the molecule is Cn1c(=O)c2c(nc(CN3CCCCC3)n2Cc2ccc(F)cc2)n(C)c1=O. The van der Waals surface area contributed by atoms with Crippen molar-refractivity contribution in [1.29, 1.82) is 0 Å². The third-order valence-electron chi connectivity index (χ3n) is 5.49. The van der Waals surface area contributed by atoms with Gasteiger partial charge >= 0.3 is 5.69 Å². The molecule has 0 bridgehead atoms. The van der Waals surface area contributed by atoms with E-state index in [1.807, 2.05) is 4.57 Å². The van der Waals surface area contributed by atoms with E-state index < -0.39 is 5.69 Å². The molecule has 0 spiro atoms. The number of hydrogen-bond acceptors (Lipinski definition) is 4. The van der Waals surface area contributed by atoms with Gasteiger partial charge in [0.25, 0.3) is 5.56 Å². The molecule has 4 rings (SSSR count). The molecule has 0 aliphatic carbocycles. The summed E-state index contributed by atoms with van der Waals surface area (Å²) in [7, 11) is 3.10. The summed E-state index contributed by atoms with van der Waals surface area (Å²) in [6, 6.07) is 6.23. The minimum absolute atomic E-state index is 0.300. The largest absolute Gasteiger partial charge is 0.332 e. The first kappa shape index (κ1) is 18.6. The number of fused-ring (bicyclic) bond motifs is 1. The van der Waals surface area contributed by atoms with Gasteiger partial charge in [0.1, 0.15) is 11.6 Å². The van der Waals surface area contributed by atoms with E-state index in [0.29, 0.717) is 24.3 Å². The molecule has 1 aliphatic rings. The molecule has 3 heterocycles. The molecule has 0 radical (unpaired) electrons. The number of piperidine rings is 1. The molecule has 1 saturated heterocycles. The van der Waals surface area contributed by atoms with Crippen molar-refractivity contribution in [1.82, 2.24) is 23.6 Å². The Morgan fingerprint density at radius 3 is 2.32 bits per heavy atom. The summed E-state index contributed by atoms with van der Waals surface area (Å²) >= 11 is 0. The Labute approximate surface area is 161 Å². The molecule has 8 heteroatoms. The van der Waals surface area contributed by atoms with Gasteiger partial charge < -0.3 is 4.57 Å². The maximum Gasteiger partial charge on any atom is 0.332 e. The highest BCUT2D eigenvalue weighted by Gasteiger charge is 2.21. The molecule has 1 aromatic carbocycles. The third-order valence-corrected chi connectivity index (χ3v) is 5.49. The highest BCUT2D eigenvalue weighted by molar-refractivity contribution is 5.71. The molecule has 1 fully saturated rings. The number of aromatic nitrogens is 4. The van der Waals surface area contributed by atoms with Crippen LogP contribution in [0.5, 0.6) is 0 Å². The van der Waals surface area contributed by atoms with Crippen molar-refractivity contribution in [3.63, 3.8) is 0 Å². The summed E-state index contributed by atoms with van der Waals surface area (Å²) in [6.45, 7) is 3.01. The molecule has 148 valence electrons. The lowest BCUT2D eigenvalue weighted by Crippen LogP contribution is -2.37. The van der Waals surface area contributed by atoms with Crippen LogP contribution in [0.4, 0.5) is 4.39 Å². The van der Waals surface area contributed by atoms with Gasteiger partial charge in [0, 0.05) is 20.6 Å². The first-order valence-corrected chi connectivity index (χ1v) is 9.57. The van der Waals surface area contributed by atoms with Gasteiger partial charge in [-0.25, -0.2) is 14.2 Å². The van der Waals surface area contributed by atoms with Crippen molar-refractivity contribution in [3.05, 3.63) is 62.3 Å². The maximum atomic E-state index is 13.3. The van der Waals surface area contributed by atoms with Gasteiger partial charge in [-0.2, -0.15) is 0 Å². The van der Waals surface area contributed by atoms with Gasteiger partial charge in [-0.05, 0) is 43.6 Å². The average Bonchev–Trinajstić information content (AvgIpc) is 3.05. The summed E-state index contributed by atoms with van der Waals surface area (Å²) in [6.07, 6.45) is 3.54. The Hall–Kier alpha value is -2.74.